The molecular formula is C13H14Cl2N2O2S2. The van der Waals surface area contributed by atoms with E-state index < -0.39 is 10.0 Å². The topological polar surface area (TPSA) is 72.2 Å². The van der Waals surface area contributed by atoms with E-state index in [-0.39, 0.29) is 22.5 Å². The highest BCUT2D eigenvalue weighted by Gasteiger charge is 2.23. The summed E-state index contributed by atoms with van der Waals surface area (Å²) >= 11 is 13.6. The average Bonchev–Trinajstić information content (AvgIpc) is 2.92. The highest BCUT2D eigenvalue weighted by molar-refractivity contribution is 7.89. The molecule has 1 aromatic heterocycles. The van der Waals surface area contributed by atoms with Gasteiger partial charge in [0.1, 0.15) is 4.90 Å². The molecule has 1 unspecified atom stereocenters. The molecule has 8 heteroatoms. The van der Waals surface area contributed by atoms with Crippen LogP contribution in [-0.4, -0.2) is 8.42 Å². The summed E-state index contributed by atoms with van der Waals surface area (Å²) in [6.45, 7) is 1.84. The number of benzene rings is 1. The summed E-state index contributed by atoms with van der Waals surface area (Å²) in [6.07, 6.45) is 0. The Bertz CT molecular complexity index is 731. The molecule has 1 aromatic carbocycles. The van der Waals surface area contributed by atoms with E-state index in [9.17, 15) is 8.42 Å². The van der Waals surface area contributed by atoms with E-state index in [0.717, 1.165) is 5.56 Å². The minimum atomic E-state index is -3.76. The Labute approximate surface area is 137 Å². The van der Waals surface area contributed by atoms with Crippen LogP contribution >= 0.6 is 34.5 Å². The third-order valence-corrected chi connectivity index (χ3v) is 6.20. The molecule has 2 aromatic rings. The van der Waals surface area contributed by atoms with Crippen LogP contribution < -0.4 is 10.5 Å². The quantitative estimate of drug-likeness (QED) is 0.851. The number of halogens is 2. The molecule has 0 aliphatic carbocycles. The van der Waals surface area contributed by atoms with E-state index in [4.69, 9.17) is 28.9 Å². The van der Waals surface area contributed by atoms with Crippen molar-refractivity contribution >= 4 is 44.6 Å². The van der Waals surface area contributed by atoms with Gasteiger partial charge in [0.25, 0.3) is 0 Å². The first-order chi connectivity index (χ1) is 9.86. The number of nitrogens with one attached hydrogen (secondary N) is 1. The lowest BCUT2D eigenvalue weighted by molar-refractivity contribution is 0.567. The summed E-state index contributed by atoms with van der Waals surface area (Å²) in [5.41, 5.74) is 6.88. The molecule has 0 saturated heterocycles. The fraction of sp³-hybridized carbons (Fsp3) is 0.231. The predicted molar refractivity (Wildman–Crippen MR) is 87.4 cm³/mol. The number of rotatable bonds is 5. The number of hydrogen-bond donors (Lipinski definition) is 2. The van der Waals surface area contributed by atoms with E-state index in [2.05, 4.69) is 4.72 Å². The Kier molecular flexibility index (Phi) is 5.29. The van der Waals surface area contributed by atoms with Gasteiger partial charge in [-0.3, -0.25) is 0 Å². The summed E-state index contributed by atoms with van der Waals surface area (Å²) in [7, 11) is -3.76. The minimum absolute atomic E-state index is 0.0175. The van der Waals surface area contributed by atoms with Gasteiger partial charge in [0.2, 0.25) is 10.0 Å². The SMILES string of the molecule is CC(NS(=O)(=O)c1ccc(Cl)c(CN)c1Cl)c1ccsc1. The zero-order chi connectivity index (χ0) is 15.6. The summed E-state index contributed by atoms with van der Waals surface area (Å²) < 4.78 is 27.5. The van der Waals surface area contributed by atoms with Crippen molar-refractivity contribution in [2.75, 3.05) is 0 Å². The van der Waals surface area contributed by atoms with Gasteiger partial charge in [-0.05, 0) is 41.4 Å². The third kappa shape index (κ3) is 3.59. The number of hydrogen-bond acceptors (Lipinski definition) is 4. The van der Waals surface area contributed by atoms with Crippen molar-refractivity contribution in [3.05, 3.63) is 50.1 Å². The molecule has 4 nitrogen and oxygen atoms in total. The maximum Gasteiger partial charge on any atom is 0.242 e. The van der Waals surface area contributed by atoms with Gasteiger partial charge in [-0.1, -0.05) is 23.2 Å². The van der Waals surface area contributed by atoms with E-state index >= 15 is 0 Å². The van der Waals surface area contributed by atoms with Crippen LogP contribution in [0.1, 0.15) is 24.1 Å². The molecule has 0 aliphatic rings. The van der Waals surface area contributed by atoms with Gasteiger partial charge >= 0.3 is 0 Å². The smallest absolute Gasteiger partial charge is 0.242 e. The van der Waals surface area contributed by atoms with Crippen LogP contribution in [0.25, 0.3) is 0 Å². The number of nitrogens with two attached hydrogens (primary N) is 1. The summed E-state index contributed by atoms with van der Waals surface area (Å²) in [6, 6.07) is 4.38. The lowest BCUT2D eigenvalue weighted by Gasteiger charge is -2.15. The van der Waals surface area contributed by atoms with Crippen LogP contribution in [0.2, 0.25) is 10.0 Å². The number of sulfonamides is 1. The second-order valence-corrected chi connectivity index (χ2v) is 7.69. The molecule has 0 aliphatic heterocycles. The third-order valence-electron chi connectivity index (χ3n) is 3.02. The van der Waals surface area contributed by atoms with Crippen molar-refractivity contribution in [1.29, 1.82) is 0 Å². The van der Waals surface area contributed by atoms with Gasteiger partial charge in [0, 0.05) is 23.2 Å². The average molecular weight is 365 g/mol. The van der Waals surface area contributed by atoms with Gasteiger partial charge in [-0.25, -0.2) is 13.1 Å². The second kappa shape index (κ2) is 6.64. The standard InChI is InChI=1S/C13H14Cl2N2O2S2/c1-8(9-4-5-20-7-9)17-21(18,19)12-3-2-11(14)10(6-16)13(12)15/h2-5,7-8,17H,6,16H2,1H3. The first-order valence-electron chi connectivity index (χ1n) is 6.08. The van der Waals surface area contributed by atoms with Gasteiger partial charge in [-0.15, -0.1) is 0 Å². The molecule has 1 atom stereocenters. The normalized spacial score (nSPS) is 13.3. The van der Waals surface area contributed by atoms with Crippen molar-refractivity contribution < 1.29 is 8.42 Å². The van der Waals surface area contributed by atoms with Gasteiger partial charge in [0.05, 0.1) is 5.02 Å². The Morgan fingerprint density at radius 1 is 1.33 bits per heavy atom. The monoisotopic (exact) mass is 364 g/mol. The molecule has 2 rings (SSSR count). The zero-order valence-corrected chi connectivity index (χ0v) is 14.3. The van der Waals surface area contributed by atoms with Crippen molar-refractivity contribution in [1.82, 2.24) is 4.72 Å². The van der Waals surface area contributed by atoms with Crippen molar-refractivity contribution in [3.8, 4) is 0 Å². The van der Waals surface area contributed by atoms with Gasteiger partial charge < -0.3 is 5.73 Å². The van der Waals surface area contributed by atoms with Gasteiger partial charge in [0.15, 0.2) is 0 Å². The lowest BCUT2D eigenvalue weighted by Crippen LogP contribution is -2.27. The Morgan fingerprint density at radius 3 is 2.62 bits per heavy atom. The van der Waals surface area contributed by atoms with E-state index in [1.165, 1.54) is 23.5 Å². The van der Waals surface area contributed by atoms with Gasteiger partial charge in [-0.2, -0.15) is 11.3 Å². The molecule has 0 fully saturated rings. The molecule has 1 heterocycles. The first-order valence-corrected chi connectivity index (χ1v) is 9.26. The maximum atomic E-state index is 12.5. The van der Waals surface area contributed by atoms with Crippen LogP contribution in [0, 0.1) is 0 Å². The molecule has 114 valence electrons. The predicted octanol–water partition coefficient (Wildman–Crippen LogP) is 3.55. The molecule has 0 spiro atoms. The highest BCUT2D eigenvalue weighted by Crippen LogP contribution is 2.31. The summed E-state index contributed by atoms with van der Waals surface area (Å²) in [4.78, 5) is -0.0175. The summed E-state index contributed by atoms with van der Waals surface area (Å²) in [5.74, 6) is 0. The lowest BCUT2D eigenvalue weighted by atomic mass is 10.2. The second-order valence-electron chi connectivity index (χ2n) is 4.44. The Hall–Kier alpha value is -0.630. The molecule has 0 saturated carbocycles. The van der Waals surface area contributed by atoms with Crippen molar-refractivity contribution in [2.24, 2.45) is 5.73 Å². The maximum absolute atomic E-state index is 12.5. The molecule has 0 radical (unpaired) electrons. The largest absolute Gasteiger partial charge is 0.326 e. The van der Waals surface area contributed by atoms with Crippen LogP contribution in [0.4, 0.5) is 0 Å². The minimum Gasteiger partial charge on any atom is -0.326 e. The van der Waals surface area contributed by atoms with E-state index in [1.54, 1.807) is 6.92 Å². The Morgan fingerprint density at radius 2 is 2.05 bits per heavy atom. The van der Waals surface area contributed by atoms with Crippen LogP contribution in [-0.2, 0) is 16.6 Å². The first kappa shape index (κ1) is 16.7. The van der Waals surface area contributed by atoms with Crippen LogP contribution in [0.5, 0.6) is 0 Å². The van der Waals surface area contributed by atoms with Crippen molar-refractivity contribution in [2.45, 2.75) is 24.4 Å². The number of thiophene rings is 1. The fourth-order valence-electron chi connectivity index (χ4n) is 1.86. The molecular weight excluding hydrogens is 351 g/mol. The zero-order valence-electron chi connectivity index (χ0n) is 11.1. The van der Waals surface area contributed by atoms with E-state index in [1.807, 2.05) is 16.8 Å². The molecule has 3 N–H and O–H groups in total. The molecule has 0 bridgehead atoms. The Balaban J connectivity index is 2.36. The molecule has 21 heavy (non-hydrogen) atoms. The molecule has 0 amide bonds. The summed E-state index contributed by atoms with van der Waals surface area (Å²) in [5, 5.41) is 4.20. The highest BCUT2D eigenvalue weighted by atomic mass is 35.5. The fourth-order valence-corrected chi connectivity index (χ4v) is 4.78. The van der Waals surface area contributed by atoms with Crippen LogP contribution in [0.3, 0.4) is 0 Å². The van der Waals surface area contributed by atoms with Crippen molar-refractivity contribution in [3.63, 3.8) is 0 Å². The van der Waals surface area contributed by atoms with Crippen LogP contribution in [0.15, 0.2) is 33.9 Å². The van der Waals surface area contributed by atoms with E-state index in [0.29, 0.717) is 10.6 Å².